The molecule has 0 radical (unpaired) electrons. The second-order valence-electron chi connectivity index (χ2n) is 6.21. The predicted molar refractivity (Wildman–Crippen MR) is 98.0 cm³/mol. The Balaban J connectivity index is 2.12. The van der Waals surface area contributed by atoms with Crippen molar-refractivity contribution in [1.82, 2.24) is 9.97 Å². The number of hydrogen-bond donors (Lipinski definition) is 2. The summed E-state index contributed by atoms with van der Waals surface area (Å²) in [5.74, 6) is -1.13. The van der Waals surface area contributed by atoms with Crippen LogP contribution in [0.2, 0.25) is 5.02 Å². The Hall–Kier alpha value is -2.87. The number of aromatic amines is 2. The minimum absolute atomic E-state index is 0.0109. The molecule has 4 nitrogen and oxygen atoms in total. The molecular formula is C19H13ClF4N2O2. The molecular weight excluding hydrogens is 400 g/mol. The number of rotatable bonds is 2. The highest BCUT2D eigenvalue weighted by Crippen LogP contribution is 2.32. The molecule has 2 aromatic heterocycles. The first-order valence-electron chi connectivity index (χ1n) is 8.00. The lowest BCUT2D eigenvalue weighted by Crippen LogP contribution is -2.17. The highest BCUT2D eigenvalue weighted by atomic mass is 35.5. The molecule has 3 aromatic rings. The maximum Gasteiger partial charge on any atom is 0.416 e. The minimum atomic E-state index is -4.68. The van der Waals surface area contributed by atoms with E-state index in [2.05, 4.69) is 9.97 Å². The zero-order valence-electron chi connectivity index (χ0n) is 14.6. The summed E-state index contributed by atoms with van der Waals surface area (Å²) in [6.45, 7) is 3.21. The van der Waals surface area contributed by atoms with Crippen LogP contribution in [0.15, 0.2) is 40.1 Å². The van der Waals surface area contributed by atoms with E-state index in [1.807, 2.05) is 0 Å². The van der Waals surface area contributed by atoms with Gasteiger partial charge in [0, 0.05) is 29.2 Å². The van der Waals surface area contributed by atoms with E-state index >= 15 is 0 Å². The molecule has 28 heavy (non-hydrogen) atoms. The Morgan fingerprint density at radius 3 is 2.25 bits per heavy atom. The van der Waals surface area contributed by atoms with Crippen molar-refractivity contribution < 1.29 is 17.6 Å². The van der Waals surface area contributed by atoms with Gasteiger partial charge in [0.05, 0.1) is 22.4 Å². The van der Waals surface area contributed by atoms with E-state index in [1.165, 1.54) is 6.20 Å². The van der Waals surface area contributed by atoms with Gasteiger partial charge in [-0.2, -0.15) is 13.2 Å². The molecule has 0 saturated heterocycles. The molecule has 0 bridgehead atoms. The van der Waals surface area contributed by atoms with E-state index in [0.717, 1.165) is 18.2 Å². The summed E-state index contributed by atoms with van der Waals surface area (Å²) in [5, 5.41) is -0.0575. The zero-order chi connectivity index (χ0) is 20.8. The van der Waals surface area contributed by atoms with E-state index < -0.39 is 28.4 Å². The van der Waals surface area contributed by atoms with Gasteiger partial charge in [0.15, 0.2) is 5.43 Å². The van der Waals surface area contributed by atoms with Crippen LogP contribution in [0.3, 0.4) is 0 Å². The van der Waals surface area contributed by atoms with Gasteiger partial charge in [0.2, 0.25) is 5.43 Å². The number of halogens is 5. The Morgan fingerprint density at radius 2 is 1.68 bits per heavy atom. The third-order valence-electron chi connectivity index (χ3n) is 4.27. The van der Waals surface area contributed by atoms with Crippen molar-refractivity contribution in [3.63, 3.8) is 0 Å². The van der Waals surface area contributed by atoms with Gasteiger partial charge in [0.25, 0.3) is 0 Å². The molecule has 146 valence electrons. The molecule has 0 unspecified atom stereocenters. The van der Waals surface area contributed by atoms with E-state index in [1.54, 1.807) is 13.8 Å². The lowest BCUT2D eigenvalue weighted by molar-refractivity contribution is -0.137. The van der Waals surface area contributed by atoms with Gasteiger partial charge < -0.3 is 9.97 Å². The van der Waals surface area contributed by atoms with Crippen LogP contribution in [-0.4, -0.2) is 9.97 Å². The minimum Gasteiger partial charge on any atom is -0.361 e. The van der Waals surface area contributed by atoms with Crippen molar-refractivity contribution in [2.24, 2.45) is 0 Å². The van der Waals surface area contributed by atoms with Crippen molar-refractivity contribution in [2.45, 2.75) is 20.0 Å². The first kappa shape index (κ1) is 19.9. The number of aryl methyl sites for hydroxylation is 2. The van der Waals surface area contributed by atoms with E-state index in [9.17, 15) is 27.2 Å². The van der Waals surface area contributed by atoms with Crippen LogP contribution in [-0.2, 0) is 6.18 Å². The van der Waals surface area contributed by atoms with Crippen LogP contribution in [0, 0.1) is 19.7 Å². The van der Waals surface area contributed by atoms with E-state index in [0.29, 0.717) is 17.5 Å². The fourth-order valence-electron chi connectivity index (χ4n) is 2.91. The van der Waals surface area contributed by atoms with Gasteiger partial charge >= 0.3 is 6.18 Å². The molecule has 1 aromatic carbocycles. The van der Waals surface area contributed by atoms with Gasteiger partial charge in [-0.05, 0) is 32.0 Å². The summed E-state index contributed by atoms with van der Waals surface area (Å²) in [6, 6.07) is 3.03. The van der Waals surface area contributed by atoms with Crippen molar-refractivity contribution >= 4 is 11.6 Å². The average molecular weight is 413 g/mol. The van der Waals surface area contributed by atoms with Gasteiger partial charge in [-0.25, -0.2) is 4.39 Å². The number of pyridine rings is 2. The van der Waals surface area contributed by atoms with Gasteiger partial charge in [-0.3, -0.25) is 9.59 Å². The molecule has 0 aliphatic rings. The van der Waals surface area contributed by atoms with Crippen LogP contribution < -0.4 is 10.9 Å². The third kappa shape index (κ3) is 3.47. The molecule has 0 fully saturated rings. The normalized spacial score (nSPS) is 11.7. The Morgan fingerprint density at radius 1 is 1.00 bits per heavy atom. The molecule has 0 saturated carbocycles. The molecule has 2 heterocycles. The number of hydrogen-bond acceptors (Lipinski definition) is 2. The summed E-state index contributed by atoms with van der Waals surface area (Å²) in [5.41, 5.74) is -1.55. The highest BCUT2D eigenvalue weighted by molar-refractivity contribution is 6.31. The lowest BCUT2D eigenvalue weighted by atomic mass is 10.0. The number of aromatic nitrogens is 2. The first-order chi connectivity index (χ1) is 13.0. The summed E-state index contributed by atoms with van der Waals surface area (Å²) in [7, 11) is 0. The molecule has 9 heteroatoms. The summed E-state index contributed by atoms with van der Waals surface area (Å²) in [4.78, 5) is 30.5. The van der Waals surface area contributed by atoms with Crippen LogP contribution in [0.1, 0.15) is 17.0 Å². The van der Waals surface area contributed by atoms with Gasteiger partial charge in [-0.1, -0.05) is 11.6 Å². The van der Waals surface area contributed by atoms with E-state index in [4.69, 9.17) is 11.6 Å². The summed E-state index contributed by atoms with van der Waals surface area (Å²) >= 11 is 5.96. The monoisotopic (exact) mass is 412 g/mol. The maximum absolute atomic E-state index is 14.2. The summed E-state index contributed by atoms with van der Waals surface area (Å²) in [6.07, 6.45) is -3.47. The Kier molecular flexibility index (Phi) is 4.93. The van der Waals surface area contributed by atoms with Crippen molar-refractivity contribution in [3.8, 4) is 22.4 Å². The van der Waals surface area contributed by atoms with E-state index in [-0.39, 0.29) is 27.4 Å². The molecule has 0 aliphatic carbocycles. The number of alkyl halides is 3. The predicted octanol–water partition coefficient (Wildman–Crippen LogP) is 4.83. The molecule has 0 atom stereocenters. The standard InChI is InChI=1S/C19H13ClF4N2O2/c1-8-16(18(28)17(20)9(2)26-8)12-7-25-14(6-15(12)27)11-4-3-10(5-13(11)21)19(22,23)24/h3-7H,1-2H3,(H,25,27)(H,26,28). The first-order valence-corrected chi connectivity index (χ1v) is 8.37. The van der Waals surface area contributed by atoms with Crippen molar-refractivity contribution in [1.29, 1.82) is 0 Å². The number of benzene rings is 1. The van der Waals surface area contributed by atoms with Crippen LogP contribution in [0.4, 0.5) is 17.6 Å². The Bertz CT molecular complexity index is 1200. The van der Waals surface area contributed by atoms with Crippen molar-refractivity contribution in [3.05, 3.63) is 78.7 Å². The fourth-order valence-corrected chi connectivity index (χ4v) is 3.05. The number of H-pyrrole nitrogens is 2. The molecule has 0 aliphatic heterocycles. The second kappa shape index (κ2) is 6.94. The zero-order valence-corrected chi connectivity index (χ0v) is 15.3. The largest absolute Gasteiger partial charge is 0.416 e. The molecule has 0 amide bonds. The van der Waals surface area contributed by atoms with Crippen molar-refractivity contribution in [2.75, 3.05) is 0 Å². The van der Waals surface area contributed by atoms with Gasteiger partial charge in [-0.15, -0.1) is 0 Å². The smallest absolute Gasteiger partial charge is 0.361 e. The average Bonchev–Trinajstić information content (AvgIpc) is 2.60. The molecule has 0 spiro atoms. The third-order valence-corrected chi connectivity index (χ3v) is 4.73. The quantitative estimate of drug-likeness (QED) is 0.592. The Labute approximate surface area is 160 Å². The topological polar surface area (TPSA) is 65.7 Å². The molecule has 3 rings (SSSR count). The highest BCUT2D eigenvalue weighted by Gasteiger charge is 2.31. The SMILES string of the molecule is Cc1[nH]c(C)c(-c2c[nH]c(-c3ccc(C(F)(F)F)cc3F)cc2=O)c(=O)c1Cl. The van der Waals surface area contributed by atoms with Crippen LogP contribution in [0.5, 0.6) is 0 Å². The summed E-state index contributed by atoms with van der Waals surface area (Å²) < 4.78 is 52.2. The second-order valence-corrected chi connectivity index (χ2v) is 6.59. The molecule has 2 N–H and O–H groups in total. The fraction of sp³-hybridized carbons (Fsp3) is 0.158. The van der Waals surface area contributed by atoms with Crippen LogP contribution >= 0.6 is 11.6 Å². The number of nitrogens with one attached hydrogen (secondary N) is 2. The lowest BCUT2D eigenvalue weighted by Gasteiger charge is -2.11. The van der Waals surface area contributed by atoms with Crippen LogP contribution in [0.25, 0.3) is 22.4 Å². The van der Waals surface area contributed by atoms with Gasteiger partial charge in [0.1, 0.15) is 10.8 Å². The maximum atomic E-state index is 14.2.